The average molecular weight is 715 g/mol. The van der Waals surface area contributed by atoms with Crippen molar-refractivity contribution in [1.82, 2.24) is 19.8 Å². The van der Waals surface area contributed by atoms with Crippen LogP contribution in [0, 0.1) is 0 Å². The summed E-state index contributed by atoms with van der Waals surface area (Å²) >= 11 is 0. The second-order valence-corrected chi connectivity index (χ2v) is 14.2. The largest absolute Gasteiger partial charge is 0.422 e. The van der Waals surface area contributed by atoms with Gasteiger partial charge in [0.25, 0.3) is 0 Å². The van der Waals surface area contributed by atoms with Crippen LogP contribution in [0.1, 0.15) is 38.3 Å². The summed E-state index contributed by atoms with van der Waals surface area (Å²) in [5, 5.41) is 1.97. The molecule has 0 radical (unpaired) electrons. The van der Waals surface area contributed by atoms with Crippen LogP contribution in [0.25, 0.3) is 21.8 Å². The minimum atomic E-state index is -0.346. The Bertz CT molecular complexity index is 2180. The number of hydrogen-bond donors (Lipinski definition) is 2. The molecule has 53 heavy (non-hydrogen) atoms. The number of carbonyl (C=O) groups is 2. The van der Waals surface area contributed by atoms with Crippen molar-refractivity contribution in [3.05, 3.63) is 120 Å². The predicted octanol–water partition coefficient (Wildman–Crippen LogP) is 7.26. The molecule has 1 aliphatic heterocycles. The number of nitrogens with one attached hydrogen (secondary N) is 2. The van der Waals surface area contributed by atoms with E-state index in [0.29, 0.717) is 22.6 Å². The van der Waals surface area contributed by atoms with Crippen molar-refractivity contribution in [2.45, 2.75) is 19.3 Å². The first-order valence-corrected chi connectivity index (χ1v) is 18.1. The molecule has 3 heterocycles. The molecule has 7 rings (SSSR count). The molecule has 1 fully saturated rings. The summed E-state index contributed by atoms with van der Waals surface area (Å²) in [4.78, 5) is 40.5. The quantitative estimate of drug-likeness (QED) is 0.101. The highest BCUT2D eigenvalue weighted by molar-refractivity contribution is 5.97. The molecule has 10 nitrogen and oxygen atoms in total. The van der Waals surface area contributed by atoms with Crippen LogP contribution in [0.5, 0.6) is 11.5 Å². The molecule has 0 saturated carbocycles. The summed E-state index contributed by atoms with van der Waals surface area (Å²) in [6.07, 6.45) is 7.00. The Balaban J connectivity index is 0.000000182. The van der Waals surface area contributed by atoms with Gasteiger partial charge in [-0.1, -0.05) is 24.3 Å². The summed E-state index contributed by atoms with van der Waals surface area (Å²) < 4.78 is 11.6. The van der Waals surface area contributed by atoms with Gasteiger partial charge in [-0.05, 0) is 119 Å². The van der Waals surface area contributed by atoms with E-state index < -0.39 is 0 Å². The van der Waals surface area contributed by atoms with Gasteiger partial charge in [0.15, 0.2) is 0 Å². The SMILES string of the molecule is CN(C)CCc1c[nH]c2cccc(OC(=O)c3cccc(N(C)C)c3)c12.CN(C)CCc1c[nH]c2cccc(OC(=O)c3cccc(N4CCC4)c3)c12. The molecule has 0 atom stereocenters. The third-order valence-electron chi connectivity index (χ3n) is 9.46. The van der Waals surface area contributed by atoms with Crippen molar-refractivity contribution >= 4 is 45.1 Å². The first-order valence-electron chi connectivity index (χ1n) is 18.1. The van der Waals surface area contributed by atoms with Crippen molar-refractivity contribution in [3.8, 4) is 11.5 Å². The number of aromatic nitrogens is 2. The van der Waals surface area contributed by atoms with E-state index in [9.17, 15) is 9.59 Å². The molecule has 0 bridgehead atoms. The minimum absolute atomic E-state index is 0.315. The second-order valence-electron chi connectivity index (χ2n) is 14.2. The summed E-state index contributed by atoms with van der Waals surface area (Å²) in [7, 11) is 12.1. The lowest BCUT2D eigenvalue weighted by molar-refractivity contribution is 0.0727. The number of esters is 2. The molecule has 0 aliphatic carbocycles. The monoisotopic (exact) mass is 714 g/mol. The summed E-state index contributed by atoms with van der Waals surface area (Å²) in [6.45, 7) is 3.97. The Morgan fingerprint density at radius 2 is 1.13 bits per heavy atom. The Kier molecular flexibility index (Phi) is 11.8. The molecule has 6 aromatic rings. The predicted molar refractivity (Wildman–Crippen MR) is 215 cm³/mol. The lowest BCUT2D eigenvalue weighted by Gasteiger charge is -2.33. The van der Waals surface area contributed by atoms with E-state index in [1.807, 2.05) is 124 Å². The number of anilines is 2. The lowest BCUT2D eigenvalue weighted by Crippen LogP contribution is -2.37. The van der Waals surface area contributed by atoms with Crippen LogP contribution < -0.4 is 19.3 Å². The number of benzene rings is 4. The number of carbonyl (C=O) groups excluding carboxylic acids is 2. The number of H-pyrrole nitrogens is 2. The Labute approximate surface area is 311 Å². The molecule has 0 spiro atoms. The first kappa shape index (κ1) is 37.2. The fourth-order valence-electron chi connectivity index (χ4n) is 6.32. The molecule has 4 aromatic carbocycles. The highest BCUT2D eigenvalue weighted by atomic mass is 16.5. The minimum Gasteiger partial charge on any atom is -0.422 e. The van der Waals surface area contributed by atoms with Crippen LogP contribution in [0.2, 0.25) is 0 Å². The van der Waals surface area contributed by atoms with E-state index in [1.54, 1.807) is 6.07 Å². The van der Waals surface area contributed by atoms with Gasteiger partial charge in [0.05, 0.1) is 11.1 Å². The van der Waals surface area contributed by atoms with Crippen LogP contribution in [-0.4, -0.2) is 100 Å². The van der Waals surface area contributed by atoms with Crippen molar-refractivity contribution in [3.63, 3.8) is 0 Å². The Hall–Kier alpha value is -5.58. The zero-order valence-electron chi connectivity index (χ0n) is 31.6. The maximum Gasteiger partial charge on any atom is 0.343 e. The number of aromatic amines is 2. The van der Waals surface area contributed by atoms with Crippen molar-refractivity contribution < 1.29 is 19.1 Å². The molecular formula is C43H50N6O4. The summed E-state index contributed by atoms with van der Waals surface area (Å²) in [5.41, 5.74) is 7.46. The fourth-order valence-corrected chi connectivity index (χ4v) is 6.32. The number of hydrogen-bond acceptors (Lipinski definition) is 8. The van der Waals surface area contributed by atoms with Crippen molar-refractivity contribution in [2.24, 2.45) is 0 Å². The van der Waals surface area contributed by atoms with E-state index >= 15 is 0 Å². The normalized spacial score (nSPS) is 12.5. The lowest BCUT2D eigenvalue weighted by atomic mass is 10.1. The fraction of sp³-hybridized carbons (Fsp3) is 0.302. The number of rotatable bonds is 12. The molecule has 2 N–H and O–H groups in total. The van der Waals surface area contributed by atoms with Gasteiger partial charge in [-0.25, -0.2) is 9.59 Å². The van der Waals surface area contributed by atoms with Gasteiger partial charge in [0.2, 0.25) is 0 Å². The van der Waals surface area contributed by atoms with Gasteiger partial charge < -0.3 is 39.0 Å². The van der Waals surface area contributed by atoms with E-state index in [1.165, 1.54) is 6.42 Å². The van der Waals surface area contributed by atoms with Crippen LogP contribution in [-0.2, 0) is 12.8 Å². The van der Waals surface area contributed by atoms with E-state index in [0.717, 1.165) is 83.3 Å². The second kappa shape index (κ2) is 16.8. The molecule has 1 saturated heterocycles. The van der Waals surface area contributed by atoms with Gasteiger partial charge in [0, 0.05) is 85.8 Å². The summed E-state index contributed by atoms with van der Waals surface area (Å²) in [5.74, 6) is 0.546. The van der Waals surface area contributed by atoms with E-state index in [-0.39, 0.29) is 11.9 Å². The molecule has 276 valence electrons. The van der Waals surface area contributed by atoms with Gasteiger partial charge in [-0.2, -0.15) is 0 Å². The standard InChI is InChI=1S/C22H25N3O2.C21H25N3O2/c1-24(2)13-10-17-15-23-19-8-4-9-20(21(17)19)27-22(26)16-6-3-7-18(14-16)25-11-5-12-25;1-23(2)12-11-16-14-22-18-9-6-10-19(20(16)18)26-21(25)15-7-5-8-17(13-15)24(3)4/h3-4,6-9,14-15,23H,5,10-13H2,1-2H3;5-10,13-14,22H,11-12H2,1-4H3. The molecule has 2 aromatic heterocycles. The van der Waals surface area contributed by atoms with Crippen molar-refractivity contribution in [1.29, 1.82) is 0 Å². The van der Waals surface area contributed by atoms with Gasteiger partial charge >= 0.3 is 11.9 Å². The van der Waals surface area contributed by atoms with Crippen molar-refractivity contribution in [2.75, 3.05) is 78.3 Å². The zero-order valence-corrected chi connectivity index (χ0v) is 31.6. The maximum absolute atomic E-state index is 12.8. The van der Waals surface area contributed by atoms with Crippen LogP contribution >= 0.6 is 0 Å². The van der Waals surface area contributed by atoms with E-state index in [4.69, 9.17) is 9.47 Å². The number of nitrogens with zero attached hydrogens (tertiary/aromatic N) is 4. The van der Waals surface area contributed by atoms with Crippen LogP contribution in [0.15, 0.2) is 97.3 Å². The maximum atomic E-state index is 12.8. The topological polar surface area (TPSA) is 97.1 Å². The van der Waals surface area contributed by atoms with E-state index in [2.05, 4.69) is 38.8 Å². The number of fused-ring (bicyclic) bond motifs is 2. The molecule has 0 unspecified atom stereocenters. The number of likely N-dealkylation sites (N-methyl/N-ethyl adjacent to an activating group) is 2. The number of ether oxygens (including phenoxy) is 2. The highest BCUT2D eigenvalue weighted by Gasteiger charge is 2.19. The molecule has 1 aliphatic rings. The Morgan fingerprint density at radius 3 is 1.60 bits per heavy atom. The molecular weight excluding hydrogens is 665 g/mol. The van der Waals surface area contributed by atoms with Gasteiger partial charge in [-0.3, -0.25) is 0 Å². The zero-order chi connectivity index (χ0) is 37.5. The van der Waals surface area contributed by atoms with Gasteiger partial charge in [-0.15, -0.1) is 0 Å². The smallest absolute Gasteiger partial charge is 0.343 e. The Morgan fingerprint density at radius 1 is 0.642 bits per heavy atom. The average Bonchev–Trinajstić information content (AvgIpc) is 3.75. The first-order chi connectivity index (χ1) is 25.6. The third kappa shape index (κ3) is 9.08. The third-order valence-corrected chi connectivity index (χ3v) is 9.46. The van der Waals surface area contributed by atoms with Crippen LogP contribution in [0.4, 0.5) is 11.4 Å². The molecule has 0 amide bonds. The van der Waals surface area contributed by atoms with Gasteiger partial charge in [0.1, 0.15) is 11.5 Å². The highest BCUT2D eigenvalue weighted by Crippen LogP contribution is 2.32. The summed E-state index contributed by atoms with van der Waals surface area (Å²) in [6, 6.07) is 26.7. The molecule has 10 heteroatoms. The van der Waals surface area contributed by atoms with Crippen LogP contribution in [0.3, 0.4) is 0 Å².